The van der Waals surface area contributed by atoms with E-state index in [9.17, 15) is 4.39 Å². The molecule has 0 radical (unpaired) electrons. The number of halogens is 2. The van der Waals surface area contributed by atoms with E-state index >= 15 is 0 Å². The van der Waals surface area contributed by atoms with Gasteiger partial charge < -0.3 is 15.2 Å². The third kappa shape index (κ3) is 2.48. The predicted molar refractivity (Wildman–Crippen MR) is 66.8 cm³/mol. The normalized spacial score (nSPS) is 18.0. The lowest BCUT2D eigenvalue weighted by Gasteiger charge is -2.23. The molecule has 1 aliphatic rings. The molecule has 3 nitrogen and oxygen atoms in total. The molecule has 0 fully saturated rings. The average Bonchev–Trinajstić information content (AvgIpc) is 2.28. The second-order valence-corrected chi connectivity index (χ2v) is 4.07. The molecule has 0 saturated carbocycles. The zero-order valence-electron chi connectivity index (χ0n) is 9.96. The van der Waals surface area contributed by atoms with Crippen molar-refractivity contribution in [3.63, 3.8) is 0 Å². The van der Waals surface area contributed by atoms with Gasteiger partial charge in [0.05, 0.1) is 14.2 Å². The fourth-order valence-corrected chi connectivity index (χ4v) is 2.21. The summed E-state index contributed by atoms with van der Waals surface area (Å²) in [6, 6.07) is 1.95. The number of hydrogen-bond acceptors (Lipinski definition) is 3. The smallest absolute Gasteiger partial charge is 0.197 e. The van der Waals surface area contributed by atoms with Crippen LogP contribution in [0.4, 0.5) is 4.39 Å². The molecule has 1 aromatic rings. The number of nitrogens with two attached hydrogens (primary N) is 1. The number of methoxy groups -OCH3 is 2. The highest BCUT2D eigenvalue weighted by molar-refractivity contribution is 5.85. The third-order valence-electron chi connectivity index (χ3n) is 3.05. The summed E-state index contributed by atoms with van der Waals surface area (Å²) in [5.74, 6) is 0.327. The summed E-state index contributed by atoms with van der Waals surface area (Å²) in [4.78, 5) is 0. The molecule has 1 atom stereocenters. The van der Waals surface area contributed by atoms with Crippen LogP contribution in [0.2, 0.25) is 0 Å². The molecule has 96 valence electrons. The number of ether oxygens (including phenoxy) is 2. The summed E-state index contributed by atoms with van der Waals surface area (Å²) >= 11 is 0. The van der Waals surface area contributed by atoms with Crippen LogP contribution in [0.1, 0.15) is 17.5 Å². The minimum absolute atomic E-state index is 0. The molecule has 1 aliphatic carbocycles. The van der Waals surface area contributed by atoms with Crippen LogP contribution >= 0.6 is 12.4 Å². The Bertz CT molecular complexity index is 412. The van der Waals surface area contributed by atoms with Gasteiger partial charge in [-0.05, 0) is 36.5 Å². The van der Waals surface area contributed by atoms with Crippen molar-refractivity contribution in [1.29, 1.82) is 0 Å². The van der Waals surface area contributed by atoms with Crippen molar-refractivity contribution in [3.05, 3.63) is 23.0 Å². The second kappa shape index (κ2) is 5.56. The lowest BCUT2D eigenvalue weighted by atomic mass is 9.88. The van der Waals surface area contributed by atoms with Crippen LogP contribution < -0.4 is 15.2 Å². The van der Waals surface area contributed by atoms with Crippen LogP contribution in [0.25, 0.3) is 0 Å². The van der Waals surface area contributed by atoms with Crippen LogP contribution in [0.3, 0.4) is 0 Å². The molecule has 2 N–H and O–H groups in total. The molecule has 0 aromatic heterocycles. The molecule has 0 spiro atoms. The van der Waals surface area contributed by atoms with Gasteiger partial charge in [0.2, 0.25) is 0 Å². The maximum Gasteiger partial charge on any atom is 0.197 e. The van der Waals surface area contributed by atoms with E-state index in [0.717, 1.165) is 17.5 Å². The molecule has 5 heteroatoms. The first kappa shape index (κ1) is 14.1. The molecule has 0 saturated heterocycles. The molecular formula is C12H17ClFNO2. The maximum atomic E-state index is 14.1. The molecule has 1 aromatic carbocycles. The Morgan fingerprint density at radius 2 is 2.06 bits per heavy atom. The predicted octanol–water partition coefficient (Wildman–Crippen LogP) is 2.08. The van der Waals surface area contributed by atoms with Gasteiger partial charge in [-0.3, -0.25) is 0 Å². The first-order valence-electron chi connectivity index (χ1n) is 5.35. The summed E-state index contributed by atoms with van der Waals surface area (Å²) in [5.41, 5.74) is 7.53. The first-order chi connectivity index (χ1) is 7.67. The van der Waals surface area contributed by atoms with Gasteiger partial charge >= 0.3 is 0 Å². The number of hydrogen-bond donors (Lipinski definition) is 1. The molecular weight excluding hydrogens is 245 g/mol. The molecule has 0 bridgehead atoms. The van der Waals surface area contributed by atoms with Gasteiger partial charge in [0.1, 0.15) is 0 Å². The summed E-state index contributed by atoms with van der Waals surface area (Å²) in [5, 5.41) is 0. The zero-order valence-corrected chi connectivity index (χ0v) is 10.8. The van der Waals surface area contributed by atoms with E-state index in [1.54, 1.807) is 0 Å². The molecule has 0 heterocycles. The van der Waals surface area contributed by atoms with Crippen LogP contribution in [0.5, 0.6) is 11.5 Å². The fraction of sp³-hybridized carbons (Fsp3) is 0.500. The van der Waals surface area contributed by atoms with Crippen molar-refractivity contribution in [2.75, 3.05) is 14.2 Å². The quantitative estimate of drug-likeness (QED) is 0.887. The first-order valence-corrected chi connectivity index (χ1v) is 5.35. The standard InChI is InChI=1S/C12H16FNO2.ClH/c1-15-10-6-7-5-8(14)3-4-9(7)11(13)12(10)16-2;/h6,8H,3-5,14H2,1-2H3;1H. The van der Waals surface area contributed by atoms with Crippen molar-refractivity contribution in [2.45, 2.75) is 25.3 Å². The van der Waals surface area contributed by atoms with E-state index in [4.69, 9.17) is 15.2 Å². The molecule has 1 unspecified atom stereocenters. The topological polar surface area (TPSA) is 44.5 Å². The van der Waals surface area contributed by atoms with E-state index in [0.29, 0.717) is 18.6 Å². The van der Waals surface area contributed by atoms with Crippen molar-refractivity contribution in [1.82, 2.24) is 0 Å². The summed E-state index contributed by atoms with van der Waals surface area (Å²) < 4.78 is 24.2. The minimum atomic E-state index is -0.302. The Hall–Kier alpha value is -1.00. The van der Waals surface area contributed by atoms with Gasteiger partial charge in [-0.25, -0.2) is 4.39 Å². The Balaban J connectivity index is 0.00000144. The van der Waals surface area contributed by atoms with Crippen molar-refractivity contribution in [2.24, 2.45) is 5.73 Å². The number of fused-ring (bicyclic) bond motifs is 1. The summed E-state index contributed by atoms with van der Waals surface area (Å²) in [6.45, 7) is 0. The van der Waals surface area contributed by atoms with Gasteiger partial charge in [-0.2, -0.15) is 0 Å². The summed E-state index contributed by atoms with van der Waals surface area (Å²) in [6.07, 6.45) is 2.19. The average molecular weight is 262 g/mol. The largest absolute Gasteiger partial charge is 0.493 e. The minimum Gasteiger partial charge on any atom is -0.493 e. The molecule has 0 aliphatic heterocycles. The van der Waals surface area contributed by atoms with Gasteiger partial charge in [-0.15, -0.1) is 12.4 Å². The van der Waals surface area contributed by atoms with E-state index in [2.05, 4.69) is 0 Å². The van der Waals surface area contributed by atoms with E-state index in [-0.39, 0.29) is 30.0 Å². The van der Waals surface area contributed by atoms with Gasteiger partial charge in [0, 0.05) is 6.04 Å². The van der Waals surface area contributed by atoms with Crippen molar-refractivity contribution < 1.29 is 13.9 Å². The highest BCUT2D eigenvalue weighted by atomic mass is 35.5. The van der Waals surface area contributed by atoms with Crippen LogP contribution in [-0.2, 0) is 12.8 Å². The number of benzene rings is 1. The van der Waals surface area contributed by atoms with Gasteiger partial charge in [-0.1, -0.05) is 0 Å². The zero-order chi connectivity index (χ0) is 11.7. The Labute approximate surface area is 107 Å². The van der Waals surface area contributed by atoms with E-state index in [1.165, 1.54) is 14.2 Å². The van der Waals surface area contributed by atoms with Gasteiger partial charge in [0.15, 0.2) is 17.3 Å². The lowest BCUT2D eigenvalue weighted by molar-refractivity contribution is 0.333. The Morgan fingerprint density at radius 1 is 1.35 bits per heavy atom. The SMILES string of the molecule is COc1cc2c(c(F)c1OC)CCC(N)C2.Cl. The maximum absolute atomic E-state index is 14.1. The lowest BCUT2D eigenvalue weighted by Crippen LogP contribution is -2.28. The summed E-state index contributed by atoms with van der Waals surface area (Å²) in [7, 11) is 2.95. The van der Waals surface area contributed by atoms with Crippen molar-refractivity contribution in [3.8, 4) is 11.5 Å². The molecule has 2 rings (SSSR count). The molecule has 0 amide bonds. The van der Waals surface area contributed by atoms with E-state index in [1.807, 2.05) is 6.07 Å². The Kier molecular flexibility index (Phi) is 4.60. The monoisotopic (exact) mass is 261 g/mol. The van der Waals surface area contributed by atoms with Crippen molar-refractivity contribution >= 4 is 12.4 Å². The highest BCUT2D eigenvalue weighted by Gasteiger charge is 2.24. The third-order valence-corrected chi connectivity index (χ3v) is 3.05. The van der Waals surface area contributed by atoms with Crippen LogP contribution in [-0.4, -0.2) is 20.3 Å². The van der Waals surface area contributed by atoms with Gasteiger partial charge in [0.25, 0.3) is 0 Å². The highest BCUT2D eigenvalue weighted by Crippen LogP contribution is 2.37. The van der Waals surface area contributed by atoms with Crippen LogP contribution in [0.15, 0.2) is 6.07 Å². The van der Waals surface area contributed by atoms with E-state index < -0.39 is 0 Å². The number of rotatable bonds is 2. The Morgan fingerprint density at radius 3 is 2.65 bits per heavy atom. The van der Waals surface area contributed by atoms with Crippen LogP contribution in [0, 0.1) is 5.82 Å². The second-order valence-electron chi connectivity index (χ2n) is 4.07. The fourth-order valence-electron chi connectivity index (χ4n) is 2.21. The molecule has 17 heavy (non-hydrogen) atoms.